The van der Waals surface area contributed by atoms with Gasteiger partial charge in [0.25, 0.3) is 0 Å². The number of thiophene rings is 1. The second-order valence-electron chi connectivity index (χ2n) is 11.5. The maximum absolute atomic E-state index is 14.8. The van der Waals surface area contributed by atoms with Crippen molar-refractivity contribution in [2.45, 2.75) is 32.2 Å². The van der Waals surface area contributed by atoms with Crippen LogP contribution in [-0.2, 0) is 25.7 Å². The Hall–Kier alpha value is -4.11. The van der Waals surface area contributed by atoms with Gasteiger partial charge in [0, 0.05) is 10.8 Å². The van der Waals surface area contributed by atoms with E-state index in [9.17, 15) is 28.7 Å². The average molecular weight is 571 g/mol. The van der Waals surface area contributed by atoms with Gasteiger partial charge in [0.1, 0.15) is 0 Å². The second-order valence-corrected chi connectivity index (χ2v) is 12.6. The molecule has 7 rings (SSSR count). The number of nitrogens with zero attached hydrogens (tertiary/aromatic N) is 2. The first-order valence-corrected chi connectivity index (χ1v) is 14.6. The molecule has 6 atom stereocenters. The third-order valence-electron chi connectivity index (χ3n) is 9.58. The Balaban J connectivity index is 1.35. The number of benzene rings is 2. The lowest BCUT2D eigenvalue weighted by atomic mass is 9.51. The van der Waals surface area contributed by atoms with E-state index in [0.717, 1.165) is 10.5 Å². The van der Waals surface area contributed by atoms with Crippen molar-refractivity contribution in [3.05, 3.63) is 94.0 Å². The fraction of sp³-hybridized carbons (Fsp3) is 0.312. The number of para-hydroxylation sites is 1. The van der Waals surface area contributed by atoms with Crippen molar-refractivity contribution in [3.63, 3.8) is 0 Å². The van der Waals surface area contributed by atoms with E-state index in [1.807, 2.05) is 23.6 Å². The van der Waals surface area contributed by atoms with Crippen molar-refractivity contribution >= 4 is 40.7 Å². The van der Waals surface area contributed by atoms with E-state index >= 15 is 0 Å². The summed E-state index contributed by atoms with van der Waals surface area (Å²) in [5.41, 5.74) is 0.432. The van der Waals surface area contributed by atoms with Crippen LogP contribution in [-0.4, -0.2) is 33.6 Å². The highest BCUT2D eigenvalue weighted by molar-refractivity contribution is 7.09. The van der Waals surface area contributed by atoms with Gasteiger partial charge < -0.3 is 5.11 Å². The van der Waals surface area contributed by atoms with Crippen LogP contribution < -0.4 is 4.90 Å². The molecule has 3 aromatic rings. The third kappa shape index (κ3) is 3.61. The lowest BCUT2D eigenvalue weighted by Gasteiger charge is -2.49. The zero-order chi connectivity index (χ0) is 28.6. The molecule has 2 aliphatic carbocycles. The van der Waals surface area contributed by atoms with Gasteiger partial charge in [-0.2, -0.15) is 0 Å². The number of carbonyl (C=O) groups excluding carboxylic acids is 4. The average Bonchev–Trinajstić information content (AvgIpc) is 3.62. The van der Waals surface area contributed by atoms with Crippen LogP contribution in [0.25, 0.3) is 0 Å². The summed E-state index contributed by atoms with van der Waals surface area (Å²) in [7, 11) is 0. The van der Waals surface area contributed by atoms with Crippen molar-refractivity contribution in [3.8, 4) is 5.75 Å². The van der Waals surface area contributed by atoms with Gasteiger partial charge in [-0.15, -0.1) is 11.3 Å². The number of phenolic OH excluding ortho intramolecular Hbond substituents is 1. The molecule has 3 heterocycles. The number of phenols is 1. The van der Waals surface area contributed by atoms with Crippen molar-refractivity contribution in [1.82, 2.24) is 4.90 Å². The summed E-state index contributed by atoms with van der Waals surface area (Å²) < 4.78 is 14.8. The fourth-order valence-electron chi connectivity index (χ4n) is 7.70. The van der Waals surface area contributed by atoms with Crippen LogP contribution in [0.15, 0.2) is 77.7 Å². The molecular formula is C32H27FN2O5S. The van der Waals surface area contributed by atoms with Gasteiger partial charge >= 0.3 is 0 Å². The minimum absolute atomic E-state index is 0.206. The van der Waals surface area contributed by atoms with E-state index in [2.05, 4.69) is 0 Å². The molecule has 2 aliphatic heterocycles. The predicted octanol–water partition coefficient (Wildman–Crippen LogP) is 5.02. The van der Waals surface area contributed by atoms with Crippen LogP contribution in [0, 0.1) is 34.9 Å². The van der Waals surface area contributed by atoms with Crippen molar-refractivity contribution < 1.29 is 28.7 Å². The number of hydrogen-bond donors (Lipinski definition) is 1. The number of hydrogen-bond acceptors (Lipinski definition) is 6. The number of allylic oxidation sites excluding steroid dienone is 2. The lowest BCUT2D eigenvalue weighted by molar-refractivity contribution is -0.141. The van der Waals surface area contributed by atoms with Gasteiger partial charge in [-0.1, -0.05) is 42.0 Å². The molecule has 0 bridgehead atoms. The van der Waals surface area contributed by atoms with Gasteiger partial charge in [-0.05, 0) is 67.0 Å². The van der Waals surface area contributed by atoms with Crippen LogP contribution in [0.2, 0.25) is 0 Å². The smallest absolute Gasteiger partial charge is 0.241 e. The summed E-state index contributed by atoms with van der Waals surface area (Å²) in [5, 5.41) is 11.8. The van der Waals surface area contributed by atoms with Crippen molar-refractivity contribution in [2.75, 3.05) is 4.90 Å². The van der Waals surface area contributed by atoms with E-state index in [-0.39, 0.29) is 36.6 Å². The summed E-state index contributed by atoms with van der Waals surface area (Å²) in [6, 6.07) is 16.5. The third-order valence-corrected chi connectivity index (χ3v) is 10.4. The van der Waals surface area contributed by atoms with Gasteiger partial charge in [0.15, 0.2) is 11.6 Å². The Bertz CT molecular complexity index is 1640. The van der Waals surface area contributed by atoms with Gasteiger partial charge in [-0.3, -0.25) is 24.1 Å². The van der Waals surface area contributed by atoms with E-state index in [4.69, 9.17) is 0 Å². The number of rotatable bonds is 4. The number of likely N-dealkylation sites (tertiary alicyclic amines) is 1. The minimum atomic E-state index is -1.26. The molecule has 9 heteroatoms. The molecule has 0 spiro atoms. The highest BCUT2D eigenvalue weighted by atomic mass is 32.1. The summed E-state index contributed by atoms with van der Waals surface area (Å²) in [6.45, 7) is 1.96. The Morgan fingerprint density at radius 3 is 2.46 bits per heavy atom. The topological polar surface area (TPSA) is 95.0 Å². The largest absolute Gasteiger partial charge is 0.505 e. The Morgan fingerprint density at radius 2 is 1.76 bits per heavy atom. The zero-order valence-corrected chi connectivity index (χ0v) is 23.0. The van der Waals surface area contributed by atoms with Crippen LogP contribution in [0.1, 0.15) is 36.1 Å². The zero-order valence-electron chi connectivity index (χ0n) is 22.2. The van der Waals surface area contributed by atoms with Crippen LogP contribution in [0.4, 0.5) is 10.1 Å². The summed E-state index contributed by atoms with van der Waals surface area (Å²) >= 11 is 1.48. The first kappa shape index (κ1) is 25.8. The molecular weight excluding hydrogens is 543 g/mol. The summed E-state index contributed by atoms with van der Waals surface area (Å²) in [4.78, 5) is 59.2. The Morgan fingerprint density at radius 1 is 0.976 bits per heavy atom. The molecule has 1 aromatic heterocycles. The molecule has 208 valence electrons. The van der Waals surface area contributed by atoms with Crippen LogP contribution in [0.3, 0.4) is 0 Å². The number of halogens is 1. The number of imide groups is 2. The summed E-state index contributed by atoms with van der Waals surface area (Å²) in [6.07, 6.45) is 2.50. The van der Waals surface area contributed by atoms with E-state index in [1.54, 1.807) is 43.3 Å². The number of amides is 4. The first-order valence-electron chi connectivity index (χ1n) is 13.7. The van der Waals surface area contributed by atoms with Gasteiger partial charge in [0.2, 0.25) is 23.6 Å². The van der Waals surface area contributed by atoms with E-state index < -0.39 is 46.6 Å². The number of anilines is 1. The monoisotopic (exact) mass is 570 g/mol. The van der Waals surface area contributed by atoms with Gasteiger partial charge in [-0.25, -0.2) is 9.29 Å². The van der Waals surface area contributed by atoms with Crippen LogP contribution in [0.5, 0.6) is 5.75 Å². The van der Waals surface area contributed by atoms with E-state index in [1.165, 1.54) is 33.3 Å². The minimum Gasteiger partial charge on any atom is -0.505 e. The predicted molar refractivity (Wildman–Crippen MR) is 149 cm³/mol. The van der Waals surface area contributed by atoms with Gasteiger partial charge in [0.05, 0.1) is 35.4 Å². The van der Waals surface area contributed by atoms with Crippen molar-refractivity contribution in [1.29, 1.82) is 0 Å². The van der Waals surface area contributed by atoms with Crippen LogP contribution >= 0.6 is 11.3 Å². The Labute approximate surface area is 239 Å². The second kappa shape index (κ2) is 9.21. The van der Waals surface area contributed by atoms with Crippen molar-refractivity contribution in [2.24, 2.45) is 29.1 Å². The molecule has 2 saturated heterocycles. The highest BCUT2D eigenvalue weighted by Gasteiger charge is 2.67. The lowest BCUT2D eigenvalue weighted by Crippen LogP contribution is -2.48. The number of fused-ring (bicyclic) bond motifs is 4. The molecule has 7 nitrogen and oxygen atoms in total. The molecule has 2 aromatic carbocycles. The number of carbonyl (C=O) groups is 4. The molecule has 0 radical (unpaired) electrons. The van der Waals surface area contributed by atoms with E-state index in [0.29, 0.717) is 17.7 Å². The number of aromatic hydroxyl groups is 1. The molecule has 3 fully saturated rings. The molecule has 41 heavy (non-hydrogen) atoms. The molecule has 1 N–H and O–H groups in total. The Kier molecular flexibility index (Phi) is 5.80. The SMILES string of the molecule is CC12C(=O)N(c3ccccc3)C(=O)C1CC1C(=CCC3C(=O)N(Cc4cccs4)C(=O)C31)C2c1ccc(O)c(F)c1. The summed E-state index contributed by atoms with van der Waals surface area (Å²) in [5.74, 6) is -5.75. The molecule has 1 saturated carbocycles. The fourth-order valence-corrected chi connectivity index (χ4v) is 8.39. The molecule has 4 aliphatic rings. The molecule has 6 unspecified atom stereocenters. The molecule has 4 amide bonds. The maximum atomic E-state index is 14.8. The quantitative estimate of drug-likeness (QED) is 0.351. The maximum Gasteiger partial charge on any atom is 0.241 e. The highest BCUT2D eigenvalue weighted by Crippen LogP contribution is 2.63. The first-order chi connectivity index (χ1) is 19.7. The standard InChI is InChI=1S/C32H27FN2O5S/c1-32-23(29(38)35(31(32)40)18-6-3-2-4-7-18)15-22-20(27(32)17-9-12-25(36)24(33)14-17)10-11-21-26(22)30(39)34(28(21)37)16-19-8-5-13-41-19/h2-10,12-14,21-23,26-27,36H,11,15-16H2,1H3. The normalized spacial score (nSPS) is 30.8.